The van der Waals surface area contributed by atoms with Crippen molar-refractivity contribution in [3.63, 3.8) is 0 Å². The Hall–Kier alpha value is -3.71. The molecule has 1 saturated heterocycles. The quantitative estimate of drug-likeness (QED) is 0.256. The van der Waals surface area contributed by atoms with Gasteiger partial charge in [-0.15, -0.1) is 0 Å². The molecule has 0 radical (unpaired) electrons. The maximum atomic E-state index is 13.0. The largest absolute Gasteiger partial charge is 0.493 e. The molecule has 1 N–H and O–H groups in total. The second-order valence-electron chi connectivity index (χ2n) is 8.48. The summed E-state index contributed by atoms with van der Waals surface area (Å²) < 4.78 is 23.3. The SMILES string of the molecule is COc1cc(/C=C2/SC(=O)N(CC(=O)Nc3ccc4c(c3)OCCO4)C2=O)cc(I)c1OCc1ccccc1. The zero-order chi connectivity index (χ0) is 27.4. The van der Waals surface area contributed by atoms with Crippen LogP contribution in [0, 0.1) is 3.57 Å². The summed E-state index contributed by atoms with van der Waals surface area (Å²) in [7, 11) is 1.54. The van der Waals surface area contributed by atoms with Crippen molar-refractivity contribution in [1.29, 1.82) is 0 Å². The molecule has 0 bridgehead atoms. The van der Waals surface area contributed by atoms with Gasteiger partial charge < -0.3 is 24.3 Å². The number of hydrogen-bond acceptors (Lipinski definition) is 8. The second-order valence-corrected chi connectivity index (χ2v) is 10.6. The number of benzene rings is 3. The van der Waals surface area contributed by atoms with E-state index in [0.717, 1.165) is 25.8 Å². The van der Waals surface area contributed by atoms with Crippen LogP contribution < -0.4 is 24.3 Å². The lowest BCUT2D eigenvalue weighted by Gasteiger charge is -2.19. The fraction of sp³-hybridized carbons (Fsp3) is 0.179. The number of nitrogens with one attached hydrogen (secondary N) is 1. The van der Waals surface area contributed by atoms with Crippen molar-refractivity contribution in [3.05, 3.63) is 80.3 Å². The molecule has 39 heavy (non-hydrogen) atoms. The van der Waals surface area contributed by atoms with Gasteiger partial charge in [0.2, 0.25) is 5.91 Å². The topological polar surface area (TPSA) is 103 Å². The van der Waals surface area contributed by atoms with Crippen molar-refractivity contribution in [2.24, 2.45) is 0 Å². The molecule has 0 aliphatic carbocycles. The summed E-state index contributed by atoms with van der Waals surface area (Å²) in [4.78, 5) is 39.4. The fourth-order valence-electron chi connectivity index (χ4n) is 3.95. The van der Waals surface area contributed by atoms with E-state index < -0.39 is 23.6 Å². The molecular weight excluding hydrogens is 635 g/mol. The highest BCUT2D eigenvalue weighted by Gasteiger charge is 2.36. The van der Waals surface area contributed by atoms with Gasteiger partial charge in [-0.1, -0.05) is 30.3 Å². The summed E-state index contributed by atoms with van der Waals surface area (Å²) in [6.07, 6.45) is 1.61. The maximum absolute atomic E-state index is 13.0. The molecule has 3 aromatic carbocycles. The number of fused-ring (bicyclic) bond motifs is 1. The molecule has 3 aromatic rings. The average molecular weight is 658 g/mol. The van der Waals surface area contributed by atoms with Crippen LogP contribution in [0.15, 0.2) is 65.6 Å². The van der Waals surface area contributed by atoms with E-state index in [9.17, 15) is 14.4 Å². The van der Waals surface area contributed by atoms with E-state index in [0.29, 0.717) is 54.1 Å². The van der Waals surface area contributed by atoms with Crippen LogP contribution in [0.25, 0.3) is 6.08 Å². The number of carbonyl (C=O) groups excluding carboxylic acids is 3. The highest BCUT2D eigenvalue weighted by atomic mass is 127. The zero-order valence-corrected chi connectivity index (χ0v) is 23.7. The van der Waals surface area contributed by atoms with Gasteiger partial charge in [-0.25, -0.2) is 0 Å². The van der Waals surface area contributed by atoms with Crippen LogP contribution in [0.4, 0.5) is 10.5 Å². The summed E-state index contributed by atoms with van der Waals surface area (Å²) in [5.74, 6) is 1.16. The molecule has 2 aliphatic heterocycles. The molecule has 0 unspecified atom stereocenters. The Kier molecular flexibility index (Phi) is 8.27. The van der Waals surface area contributed by atoms with Gasteiger partial charge in [-0.3, -0.25) is 19.3 Å². The maximum Gasteiger partial charge on any atom is 0.294 e. The first-order chi connectivity index (χ1) is 18.9. The van der Waals surface area contributed by atoms with Gasteiger partial charge >= 0.3 is 0 Å². The number of halogens is 1. The van der Waals surface area contributed by atoms with E-state index in [2.05, 4.69) is 27.9 Å². The average Bonchev–Trinajstić information content (AvgIpc) is 3.19. The third-order valence-corrected chi connectivity index (χ3v) is 7.49. The lowest BCUT2D eigenvalue weighted by Crippen LogP contribution is -2.36. The molecule has 1 fully saturated rings. The second kappa shape index (κ2) is 12.0. The van der Waals surface area contributed by atoms with Gasteiger partial charge in [-0.05, 0) is 75.8 Å². The van der Waals surface area contributed by atoms with Crippen LogP contribution in [0.1, 0.15) is 11.1 Å². The molecule has 200 valence electrons. The van der Waals surface area contributed by atoms with Gasteiger partial charge in [0, 0.05) is 11.8 Å². The first kappa shape index (κ1) is 26.9. The smallest absolute Gasteiger partial charge is 0.294 e. The van der Waals surface area contributed by atoms with Crippen LogP contribution in [-0.2, 0) is 16.2 Å². The Morgan fingerprint density at radius 2 is 1.85 bits per heavy atom. The molecule has 11 heteroatoms. The minimum atomic E-state index is -0.541. The van der Waals surface area contributed by atoms with E-state index in [-0.39, 0.29) is 4.91 Å². The number of imide groups is 1. The molecular formula is C28H23IN2O7S. The van der Waals surface area contributed by atoms with Gasteiger partial charge in [0.15, 0.2) is 23.0 Å². The number of methoxy groups -OCH3 is 1. The summed E-state index contributed by atoms with van der Waals surface area (Å²) in [6.45, 7) is 0.842. The molecule has 2 aliphatic rings. The van der Waals surface area contributed by atoms with Crippen LogP contribution in [0.5, 0.6) is 23.0 Å². The summed E-state index contributed by atoms with van der Waals surface area (Å²) in [6, 6.07) is 18.4. The van der Waals surface area contributed by atoms with Crippen LogP contribution in [-0.4, -0.2) is 48.8 Å². The summed E-state index contributed by atoms with van der Waals surface area (Å²) >= 11 is 2.93. The Bertz CT molecular complexity index is 1460. The lowest BCUT2D eigenvalue weighted by atomic mass is 10.1. The standard InChI is InChI=1S/C28H23IN2O7S/c1-35-23-12-18(11-20(29)26(23)38-16-17-5-3-2-4-6-17)13-24-27(33)31(28(34)39-24)15-25(32)30-19-7-8-21-22(14-19)37-10-9-36-21/h2-8,11-14H,9-10,15-16H2,1H3,(H,30,32)/b24-13+. The molecule has 0 spiro atoms. The fourth-order valence-corrected chi connectivity index (χ4v) is 5.57. The Morgan fingerprint density at radius 3 is 2.62 bits per heavy atom. The molecule has 0 aromatic heterocycles. The molecule has 5 rings (SSSR count). The van der Waals surface area contributed by atoms with Crippen LogP contribution in [0.3, 0.4) is 0 Å². The van der Waals surface area contributed by atoms with Gasteiger partial charge in [0.05, 0.1) is 15.6 Å². The first-order valence-corrected chi connectivity index (χ1v) is 13.8. The third kappa shape index (κ3) is 6.31. The zero-order valence-electron chi connectivity index (χ0n) is 20.8. The van der Waals surface area contributed by atoms with Crippen molar-refractivity contribution in [3.8, 4) is 23.0 Å². The van der Waals surface area contributed by atoms with Crippen molar-refractivity contribution in [2.45, 2.75) is 6.61 Å². The first-order valence-electron chi connectivity index (χ1n) is 11.9. The molecule has 0 atom stereocenters. The van der Waals surface area contributed by atoms with Crippen LogP contribution in [0.2, 0.25) is 0 Å². The molecule has 3 amide bonds. The lowest BCUT2D eigenvalue weighted by molar-refractivity contribution is -0.127. The number of hydrogen-bond donors (Lipinski definition) is 1. The highest BCUT2D eigenvalue weighted by Crippen LogP contribution is 2.38. The van der Waals surface area contributed by atoms with E-state index in [1.54, 1.807) is 37.5 Å². The van der Waals surface area contributed by atoms with E-state index in [4.69, 9.17) is 18.9 Å². The predicted molar refractivity (Wildman–Crippen MR) is 155 cm³/mol. The number of rotatable bonds is 8. The Morgan fingerprint density at radius 1 is 1.08 bits per heavy atom. The third-order valence-electron chi connectivity index (χ3n) is 5.78. The highest BCUT2D eigenvalue weighted by molar-refractivity contribution is 14.1. The molecule has 0 saturated carbocycles. The monoisotopic (exact) mass is 658 g/mol. The van der Waals surface area contributed by atoms with Crippen LogP contribution >= 0.6 is 34.4 Å². The van der Waals surface area contributed by atoms with Gasteiger partial charge in [-0.2, -0.15) is 0 Å². The van der Waals surface area contributed by atoms with E-state index in [1.807, 2.05) is 36.4 Å². The predicted octanol–water partition coefficient (Wildman–Crippen LogP) is 5.33. The molecule has 9 nitrogen and oxygen atoms in total. The number of anilines is 1. The summed E-state index contributed by atoms with van der Waals surface area (Å²) in [5, 5.41) is 2.18. The number of nitrogens with zero attached hydrogens (tertiary/aromatic N) is 1. The Balaban J connectivity index is 1.26. The minimum absolute atomic E-state index is 0.211. The number of thioether (sulfide) groups is 1. The van der Waals surface area contributed by atoms with Crippen molar-refractivity contribution >= 4 is 63.2 Å². The van der Waals surface area contributed by atoms with Crippen molar-refractivity contribution in [2.75, 3.05) is 32.2 Å². The molecule has 2 heterocycles. The number of ether oxygens (including phenoxy) is 4. The van der Waals surface area contributed by atoms with Gasteiger partial charge in [0.1, 0.15) is 26.4 Å². The minimum Gasteiger partial charge on any atom is -0.493 e. The Labute approximate surface area is 242 Å². The van der Waals surface area contributed by atoms with E-state index >= 15 is 0 Å². The summed E-state index contributed by atoms with van der Waals surface area (Å²) in [5.41, 5.74) is 2.16. The number of amides is 3. The normalized spacial score (nSPS) is 15.4. The van der Waals surface area contributed by atoms with Crippen molar-refractivity contribution < 1.29 is 33.3 Å². The van der Waals surface area contributed by atoms with E-state index in [1.165, 1.54) is 0 Å². The van der Waals surface area contributed by atoms with Gasteiger partial charge in [0.25, 0.3) is 11.1 Å². The van der Waals surface area contributed by atoms with Crippen molar-refractivity contribution in [1.82, 2.24) is 4.90 Å². The number of carbonyl (C=O) groups is 3.